The maximum Gasteiger partial charge on any atom is 0.692 e. The molecule has 0 aliphatic carbocycles. The summed E-state index contributed by atoms with van der Waals surface area (Å²) in [5.74, 6) is 0. The van der Waals surface area contributed by atoms with E-state index in [4.69, 9.17) is 43.1 Å². The van der Waals surface area contributed by atoms with E-state index in [1.165, 1.54) is 0 Å². The molecule has 0 fully saturated rings. The van der Waals surface area contributed by atoms with Crippen LogP contribution in [0.5, 0.6) is 0 Å². The minimum Gasteiger partial charge on any atom is -0.134 e. The highest BCUT2D eigenvalue weighted by Gasteiger charge is 1.93. The second-order valence-electron chi connectivity index (χ2n) is 0.758. The average Bonchev–Trinajstić information content (AvgIpc) is 1.86. The van der Waals surface area contributed by atoms with Crippen molar-refractivity contribution in [2.75, 3.05) is 0 Å². The van der Waals surface area contributed by atoms with Crippen molar-refractivity contribution in [3.05, 3.63) is 0 Å². The van der Waals surface area contributed by atoms with Crippen molar-refractivity contribution in [2.45, 2.75) is 13.8 Å². The third-order valence-corrected chi connectivity index (χ3v) is 0. The summed E-state index contributed by atoms with van der Waals surface area (Å²) in [6, 6.07) is 0. The summed E-state index contributed by atoms with van der Waals surface area (Å²) in [5.41, 5.74) is 0. The molecule has 0 amide bonds. The Bertz CT molecular complexity index is 116. The molecule has 14 heavy (non-hydrogen) atoms. The highest BCUT2D eigenvalue weighted by molar-refractivity contribution is 7.31. The molecule has 0 aliphatic heterocycles. The van der Waals surface area contributed by atoms with Crippen molar-refractivity contribution in [1.82, 2.24) is 0 Å². The zero-order valence-corrected chi connectivity index (χ0v) is 9.93. The van der Waals surface area contributed by atoms with Crippen molar-refractivity contribution in [2.24, 2.45) is 0 Å². The van der Waals surface area contributed by atoms with Crippen molar-refractivity contribution in [3.8, 4) is 0 Å². The van der Waals surface area contributed by atoms with Crippen LogP contribution in [-0.2, 0) is 13.7 Å². The van der Waals surface area contributed by atoms with Gasteiger partial charge in [0.1, 0.15) is 0 Å². The lowest BCUT2D eigenvalue weighted by atomic mass is 11.0. The summed E-state index contributed by atoms with van der Waals surface area (Å²) >= 11 is 0. The molecule has 0 bridgehead atoms. The minimum atomic E-state index is -2.87. The SMILES string of the molecule is CC.O=[P+](O)O.O=[P+](O)O.O=[P+](O)O. The highest BCUT2D eigenvalue weighted by atomic mass is 31.1. The molecule has 0 atom stereocenters. The molecule has 0 aromatic rings. The summed E-state index contributed by atoms with van der Waals surface area (Å²) in [6.07, 6.45) is 0. The summed E-state index contributed by atoms with van der Waals surface area (Å²) in [7, 11) is -8.61. The highest BCUT2D eigenvalue weighted by Crippen LogP contribution is 1.99. The Morgan fingerprint density at radius 1 is 0.571 bits per heavy atom. The Hall–Kier alpha value is 0.0600. The van der Waals surface area contributed by atoms with Gasteiger partial charge < -0.3 is 0 Å². The van der Waals surface area contributed by atoms with Crippen LogP contribution in [0.2, 0.25) is 0 Å². The molecular formula is C2H12O9P3+3. The van der Waals surface area contributed by atoms with Crippen LogP contribution in [0.25, 0.3) is 0 Å². The first-order valence-corrected chi connectivity index (χ1v) is 6.24. The lowest BCUT2D eigenvalue weighted by Crippen LogP contribution is -1.38. The van der Waals surface area contributed by atoms with Crippen LogP contribution >= 0.6 is 24.8 Å². The van der Waals surface area contributed by atoms with E-state index in [2.05, 4.69) is 0 Å². The molecule has 0 saturated heterocycles. The summed E-state index contributed by atoms with van der Waals surface area (Å²) in [4.78, 5) is 42.7. The van der Waals surface area contributed by atoms with E-state index in [0.717, 1.165) is 0 Å². The first-order chi connectivity index (χ1) is 6.20. The van der Waals surface area contributed by atoms with E-state index in [1.807, 2.05) is 13.8 Å². The van der Waals surface area contributed by atoms with E-state index < -0.39 is 24.8 Å². The Kier molecular flexibility index (Phi) is 39.2. The molecule has 0 radical (unpaired) electrons. The normalized spacial score (nSPS) is 6.00. The lowest BCUT2D eigenvalue weighted by Gasteiger charge is -1.34. The molecule has 0 saturated carbocycles. The molecule has 0 aliphatic rings. The van der Waals surface area contributed by atoms with Gasteiger partial charge >= 0.3 is 24.8 Å². The average molecular weight is 273 g/mol. The van der Waals surface area contributed by atoms with Gasteiger partial charge in [-0.25, -0.2) is 0 Å². The smallest absolute Gasteiger partial charge is 0.134 e. The zero-order valence-electron chi connectivity index (χ0n) is 7.25. The number of rotatable bonds is 0. The fraction of sp³-hybridized carbons (Fsp3) is 1.00. The van der Waals surface area contributed by atoms with Gasteiger partial charge in [0.2, 0.25) is 0 Å². The molecule has 9 nitrogen and oxygen atoms in total. The second-order valence-corrected chi connectivity index (χ2v) is 2.27. The fourth-order valence-corrected chi connectivity index (χ4v) is 0. The fourth-order valence-electron chi connectivity index (χ4n) is 0. The molecular weight excluding hydrogens is 261 g/mol. The van der Waals surface area contributed by atoms with Crippen LogP contribution in [0.15, 0.2) is 0 Å². The molecule has 6 N–H and O–H groups in total. The van der Waals surface area contributed by atoms with E-state index in [0.29, 0.717) is 0 Å². The molecule has 0 spiro atoms. The van der Waals surface area contributed by atoms with Crippen molar-refractivity contribution in [1.29, 1.82) is 0 Å². The van der Waals surface area contributed by atoms with Gasteiger partial charge in [-0.05, 0) is 0 Å². The molecule has 86 valence electrons. The summed E-state index contributed by atoms with van der Waals surface area (Å²) in [6.45, 7) is 4.00. The molecule has 0 aromatic heterocycles. The van der Waals surface area contributed by atoms with Crippen LogP contribution in [0.4, 0.5) is 0 Å². The molecule has 0 unspecified atom stereocenters. The first-order valence-electron chi connectivity index (χ1n) is 2.75. The Morgan fingerprint density at radius 3 is 0.571 bits per heavy atom. The zero-order chi connectivity index (χ0) is 12.7. The van der Waals surface area contributed by atoms with Gasteiger partial charge in [0.15, 0.2) is 0 Å². The van der Waals surface area contributed by atoms with Crippen molar-refractivity contribution < 1.29 is 43.1 Å². The van der Waals surface area contributed by atoms with E-state index in [-0.39, 0.29) is 0 Å². The molecule has 0 heterocycles. The predicted octanol–water partition coefficient (Wildman–Crippen LogP) is -0.0886. The van der Waals surface area contributed by atoms with Gasteiger partial charge in [-0.2, -0.15) is 0 Å². The standard InChI is InChI=1S/C2H6.3HO3P/c1-2;3*1-4(2)3/h1-2H3;3*(H-,1,2,3)/p+3. The van der Waals surface area contributed by atoms with Gasteiger partial charge in [0.05, 0.1) is 0 Å². The first kappa shape index (κ1) is 23.7. The summed E-state index contributed by atoms with van der Waals surface area (Å²) in [5, 5.41) is 0. The molecule has 0 aromatic carbocycles. The maximum absolute atomic E-state index is 8.70. The lowest BCUT2D eigenvalue weighted by molar-refractivity contribution is 0.403. The van der Waals surface area contributed by atoms with Crippen molar-refractivity contribution in [3.63, 3.8) is 0 Å². The van der Waals surface area contributed by atoms with Gasteiger partial charge in [-0.3, -0.25) is 0 Å². The largest absolute Gasteiger partial charge is 0.692 e. The molecule has 12 heteroatoms. The van der Waals surface area contributed by atoms with Gasteiger partial charge in [0.25, 0.3) is 0 Å². The monoisotopic (exact) mass is 273 g/mol. The van der Waals surface area contributed by atoms with Crippen LogP contribution in [0.3, 0.4) is 0 Å². The van der Waals surface area contributed by atoms with Crippen LogP contribution in [-0.4, -0.2) is 29.4 Å². The summed E-state index contributed by atoms with van der Waals surface area (Å²) < 4.78 is 26.1. The van der Waals surface area contributed by atoms with E-state index >= 15 is 0 Å². The second kappa shape index (κ2) is 23.1. The van der Waals surface area contributed by atoms with Gasteiger partial charge in [-0.15, -0.1) is 29.4 Å². The Morgan fingerprint density at radius 2 is 0.571 bits per heavy atom. The van der Waals surface area contributed by atoms with E-state index in [9.17, 15) is 0 Å². The third kappa shape index (κ3) is 410000. The number of hydrogen-bond donors (Lipinski definition) is 6. The van der Waals surface area contributed by atoms with Crippen LogP contribution < -0.4 is 0 Å². The predicted molar refractivity (Wildman–Crippen MR) is 47.5 cm³/mol. The maximum atomic E-state index is 8.70. The van der Waals surface area contributed by atoms with E-state index in [1.54, 1.807) is 0 Å². The van der Waals surface area contributed by atoms with Crippen molar-refractivity contribution >= 4 is 24.8 Å². The Labute approximate surface area is 82.5 Å². The van der Waals surface area contributed by atoms with Crippen LogP contribution in [0.1, 0.15) is 13.8 Å². The quantitative estimate of drug-likeness (QED) is 0.329. The van der Waals surface area contributed by atoms with Gasteiger partial charge in [-0.1, -0.05) is 13.8 Å². The number of hydrogen-bond acceptors (Lipinski definition) is 3. The minimum absolute atomic E-state index is 2.00. The Balaban J connectivity index is -0.0000000492. The van der Waals surface area contributed by atoms with Gasteiger partial charge in [0, 0.05) is 13.7 Å². The topological polar surface area (TPSA) is 173 Å². The molecule has 0 rings (SSSR count). The third-order valence-electron chi connectivity index (χ3n) is 0. The van der Waals surface area contributed by atoms with Crippen LogP contribution in [0, 0.1) is 0 Å².